The lowest BCUT2D eigenvalue weighted by Crippen LogP contribution is -2.52. The molecule has 0 spiro atoms. The summed E-state index contributed by atoms with van der Waals surface area (Å²) in [6.07, 6.45) is -0.456. The number of hydrogen-bond donors (Lipinski definition) is 3. The average Bonchev–Trinajstić information content (AvgIpc) is 3.44. The van der Waals surface area contributed by atoms with Crippen LogP contribution in [0.2, 0.25) is 0 Å². The fraction of sp³-hybridized carbons (Fsp3) is 0.400. The number of methoxy groups -OCH3 is 2. The van der Waals surface area contributed by atoms with Crippen LogP contribution < -0.4 is 25.1 Å². The summed E-state index contributed by atoms with van der Waals surface area (Å²) in [4.78, 5) is 32.3. The molecule has 1 aliphatic rings. The van der Waals surface area contributed by atoms with E-state index in [0.717, 1.165) is 10.0 Å². The fourth-order valence-electron chi connectivity index (χ4n) is 5.05. The molecule has 0 saturated heterocycles. The number of nitrogens with one attached hydrogen (secondary N) is 2. The molecule has 252 valence electrons. The second-order valence-electron chi connectivity index (χ2n) is 11.9. The highest BCUT2D eigenvalue weighted by Crippen LogP contribution is 2.45. The van der Waals surface area contributed by atoms with Gasteiger partial charge < -0.3 is 28.8 Å². The lowest BCUT2D eigenvalue weighted by atomic mass is 9.83. The number of hydrazine groups is 1. The number of aliphatic hydroxyl groups excluding tert-OH is 1. The van der Waals surface area contributed by atoms with Crippen molar-refractivity contribution in [2.75, 3.05) is 27.4 Å². The van der Waals surface area contributed by atoms with Gasteiger partial charge >= 0.3 is 5.97 Å². The molecule has 0 unspecified atom stereocenters. The van der Waals surface area contributed by atoms with Crippen molar-refractivity contribution in [3.63, 3.8) is 0 Å². The molecular weight excluding hydrogens is 670 g/mol. The summed E-state index contributed by atoms with van der Waals surface area (Å²) < 4.78 is 29.3. The average molecular weight is 713 g/mol. The number of rotatable bonds is 15. The first kappa shape index (κ1) is 35.7. The van der Waals surface area contributed by atoms with E-state index in [4.69, 9.17) is 33.8 Å². The summed E-state index contributed by atoms with van der Waals surface area (Å²) in [5.41, 5.74) is 5.73. The number of aliphatic hydroxyl groups is 1. The van der Waals surface area contributed by atoms with E-state index in [2.05, 4.69) is 26.8 Å². The number of carbonyl (C=O) groups excluding carboxylic acids is 2. The van der Waals surface area contributed by atoms with Crippen LogP contribution in [0.15, 0.2) is 76.2 Å². The first-order valence-electron chi connectivity index (χ1n) is 15.3. The Hall–Kier alpha value is -4.13. The maximum absolute atomic E-state index is 14.3. The van der Waals surface area contributed by atoms with Crippen molar-refractivity contribution < 1.29 is 38.4 Å². The molecule has 47 heavy (non-hydrogen) atoms. The lowest BCUT2D eigenvalue weighted by Gasteiger charge is -2.31. The molecule has 3 N–H and O–H groups in total. The fourth-order valence-corrected chi connectivity index (χ4v) is 5.54. The van der Waals surface area contributed by atoms with Gasteiger partial charge in [-0.2, -0.15) is 0 Å². The Morgan fingerprint density at radius 2 is 1.74 bits per heavy atom. The number of benzene rings is 3. The largest absolute Gasteiger partial charge is 0.494 e. The van der Waals surface area contributed by atoms with Gasteiger partial charge in [0.15, 0.2) is 23.1 Å². The normalized spacial score (nSPS) is 17.3. The zero-order valence-corrected chi connectivity index (χ0v) is 28.9. The molecular formula is C35H42BrN3O8. The summed E-state index contributed by atoms with van der Waals surface area (Å²) in [7, 11) is 3.12. The third-order valence-electron chi connectivity index (χ3n) is 7.29. The smallest absolute Gasteiger partial charge is 0.306 e. The third kappa shape index (κ3) is 9.24. The number of halogens is 1. The van der Waals surface area contributed by atoms with Crippen LogP contribution in [-0.4, -0.2) is 61.5 Å². The summed E-state index contributed by atoms with van der Waals surface area (Å²) in [5, 5.41) is 9.06. The maximum atomic E-state index is 14.3. The van der Waals surface area contributed by atoms with Crippen molar-refractivity contribution in [1.82, 2.24) is 10.9 Å². The molecule has 12 heteroatoms. The number of ether oxygens (including phenoxy) is 5. The third-order valence-corrected chi connectivity index (χ3v) is 8.01. The van der Waals surface area contributed by atoms with E-state index in [1.807, 2.05) is 36.4 Å². The molecule has 4 rings (SSSR count). The van der Waals surface area contributed by atoms with E-state index in [1.165, 1.54) is 0 Å². The van der Waals surface area contributed by atoms with Crippen molar-refractivity contribution in [3.05, 3.63) is 87.9 Å². The van der Waals surface area contributed by atoms with Gasteiger partial charge in [0.05, 0.1) is 20.8 Å². The van der Waals surface area contributed by atoms with Crippen molar-refractivity contribution in [2.24, 2.45) is 4.99 Å². The highest BCUT2D eigenvalue weighted by molar-refractivity contribution is 9.10. The topological polar surface area (TPSA) is 137 Å². The second-order valence-corrected chi connectivity index (χ2v) is 12.7. The molecule has 0 aliphatic carbocycles. The van der Waals surface area contributed by atoms with Crippen molar-refractivity contribution >= 4 is 33.7 Å². The van der Waals surface area contributed by atoms with Crippen molar-refractivity contribution in [3.8, 4) is 17.2 Å². The molecule has 2 atom stereocenters. The van der Waals surface area contributed by atoms with Gasteiger partial charge in [-0.1, -0.05) is 40.2 Å². The molecule has 1 amide bonds. The van der Waals surface area contributed by atoms with E-state index in [1.54, 1.807) is 65.3 Å². The van der Waals surface area contributed by atoms with Crippen LogP contribution in [0.1, 0.15) is 62.8 Å². The highest BCUT2D eigenvalue weighted by atomic mass is 79.9. The number of carbonyl (C=O) groups is 2. The van der Waals surface area contributed by atoms with E-state index in [9.17, 15) is 9.59 Å². The van der Waals surface area contributed by atoms with Crippen LogP contribution in [0.4, 0.5) is 0 Å². The zero-order chi connectivity index (χ0) is 34.0. The minimum absolute atomic E-state index is 0.00361. The van der Waals surface area contributed by atoms with Gasteiger partial charge in [0.2, 0.25) is 5.90 Å². The summed E-state index contributed by atoms with van der Waals surface area (Å²) in [6.45, 7) is 6.06. The van der Waals surface area contributed by atoms with Crippen LogP contribution in [0.5, 0.6) is 17.2 Å². The van der Waals surface area contributed by atoms with Crippen molar-refractivity contribution in [1.29, 1.82) is 0 Å². The number of nitrogens with zero attached hydrogens (tertiary/aromatic N) is 1. The van der Waals surface area contributed by atoms with E-state index in [-0.39, 0.29) is 31.9 Å². The molecule has 3 aromatic carbocycles. The Morgan fingerprint density at radius 1 is 1.02 bits per heavy atom. The van der Waals surface area contributed by atoms with Gasteiger partial charge in [-0.3, -0.25) is 15.0 Å². The van der Waals surface area contributed by atoms with E-state index in [0.29, 0.717) is 41.4 Å². The number of esters is 1. The van der Waals surface area contributed by atoms with Crippen LogP contribution >= 0.6 is 15.9 Å². The molecule has 0 radical (unpaired) electrons. The van der Waals surface area contributed by atoms with Crippen LogP contribution in [-0.2, 0) is 25.6 Å². The van der Waals surface area contributed by atoms with Gasteiger partial charge in [0, 0.05) is 41.6 Å². The maximum Gasteiger partial charge on any atom is 0.306 e. The van der Waals surface area contributed by atoms with Gasteiger partial charge in [0.25, 0.3) is 5.91 Å². The Kier molecular flexibility index (Phi) is 12.3. The Labute approximate surface area is 283 Å². The van der Waals surface area contributed by atoms with Crippen LogP contribution in [0, 0.1) is 0 Å². The Balaban J connectivity index is 1.68. The molecule has 3 aromatic rings. The van der Waals surface area contributed by atoms with Crippen LogP contribution in [0.3, 0.4) is 0 Å². The predicted octanol–water partition coefficient (Wildman–Crippen LogP) is 5.43. The minimum Gasteiger partial charge on any atom is -0.494 e. The van der Waals surface area contributed by atoms with E-state index >= 15 is 0 Å². The summed E-state index contributed by atoms with van der Waals surface area (Å²) in [6, 6.07) is 20.0. The summed E-state index contributed by atoms with van der Waals surface area (Å²) in [5.74, 6) is 1.07. The molecule has 1 heterocycles. The van der Waals surface area contributed by atoms with Gasteiger partial charge in [0.1, 0.15) is 11.4 Å². The monoisotopic (exact) mass is 711 g/mol. The Bertz CT molecular complexity index is 1560. The SMILES string of the molecule is COc1ccc(CNNC(=O)[C@@]2(CCC(=O)OC(C)(C)C)N=C(c3ccc(OCCCO)cc3)O[C@H]2c2ccccc2Br)cc1OC. The molecule has 0 saturated carbocycles. The lowest BCUT2D eigenvalue weighted by molar-refractivity contribution is -0.155. The summed E-state index contributed by atoms with van der Waals surface area (Å²) >= 11 is 3.62. The van der Waals surface area contributed by atoms with Crippen LogP contribution in [0.25, 0.3) is 0 Å². The second kappa shape index (κ2) is 16.1. The Morgan fingerprint density at radius 3 is 2.40 bits per heavy atom. The van der Waals surface area contributed by atoms with Gasteiger partial charge in [-0.15, -0.1) is 0 Å². The standard InChI is InChI=1S/C35H42BrN3O8/c1-34(2,3)47-30(41)17-18-35(33(42)39-37-22-23-11-16-28(43-4)29(21-23)44-5)31(26-9-6-7-10-27(26)36)46-32(38-35)24-12-14-25(15-13-24)45-20-8-19-40/h6-7,9-16,21,31,37,40H,8,17-20,22H2,1-5H3,(H,39,42)/t31-,35-/m0/s1. The number of amides is 1. The quantitative estimate of drug-likeness (QED) is 0.107. The highest BCUT2D eigenvalue weighted by Gasteiger charge is 2.54. The zero-order valence-electron chi connectivity index (χ0n) is 27.3. The molecule has 0 fully saturated rings. The van der Waals surface area contributed by atoms with Gasteiger partial charge in [-0.25, -0.2) is 10.4 Å². The van der Waals surface area contributed by atoms with E-state index < -0.39 is 29.1 Å². The molecule has 1 aliphatic heterocycles. The first-order chi connectivity index (χ1) is 22.5. The number of hydrogen-bond acceptors (Lipinski definition) is 10. The van der Waals surface area contributed by atoms with Gasteiger partial charge in [-0.05, 0) is 75.2 Å². The predicted molar refractivity (Wildman–Crippen MR) is 180 cm³/mol. The molecule has 0 aromatic heterocycles. The number of aliphatic imine (C=N–C) groups is 1. The minimum atomic E-state index is -1.56. The molecule has 0 bridgehead atoms. The van der Waals surface area contributed by atoms with Crippen molar-refractivity contribution in [2.45, 2.75) is 63.8 Å². The molecule has 11 nitrogen and oxygen atoms in total. The first-order valence-corrected chi connectivity index (χ1v) is 16.1.